The molecule has 3 rings (SSSR count). The largest absolute Gasteiger partial charge is 0.357 e. The molecule has 7 nitrogen and oxygen atoms in total. The minimum atomic E-state index is -1.06. The third kappa shape index (κ3) is 6.13. The Labute approximate surface area is 167 Å². The fourth-order valence-electron chi connectivity index (χ4n) is 3.05. The minimum absolute atomic E-state index is 0.109. The highest BCUT2D eigenvalue weighted by molar-refractivity contribution is 5.94. The third-order valence-corrected chi connectivity index (χ3v) is 4.56. The lowest BCUT2D eigenvalue weighted by Crippen LogP contribution is -2.39. The fraction of sp³-hybridized carbons (Fsp3) is 0.350. The predicted molar refractivity (Wildman–Crippen MR) is 106 cm³/mol. The summed E-state index contributed by atoms with van der Waals surface area (Å²) in [6.45, 7) is 1.95. The minimum Gasteiger partial charge on any atom is -0.357 e. The number of anilines is 2. The van der Waals surface area contributed by atoms with Gasteiger partial charge in [-0.25, -0.2) is 18.6 Å². The summed E-state index contributed by atoms with van der Waals surface area (Å²) in [6.07, 6.45) is 5.26. The lowest BCUT2D eigenvalue weighted by Gasteiger charge is -2.27. The van der Waals surface area contributed by atoms with Crippen molar-refractivity contribution in [1.82, 2.24) is 15.6 Å². The summed E-state index contributed by atoms with van der Waals surface area (Å²) in [6, 6.07) is 6.28. The molecule has 1 aliphatic rings. The molecule has 0 saturated carbocycles. The van der Waals surface area contributed by atoms with Gasteiger partial charge in [-0.1, -0.05) is 0 Å². The Morgan fingerprint density at radius 3 is 2.55 bits per heavy atom. The summed E-state index contributed by atoms with van der Waals surface area (Å²) < 4.78 is 26.0. The van der Waals surface area contributed by atoms with Crippen LogP contribution in [0.2, 0.25) is 0 Å². The van der Waals surface area contributed by atoms with E-state index in [0.29, 0.717) is 6.54 Å². The molecular formula is C20H23F2N5O2. The van der Waals surface area contributed by atoms with E-state index in [4.69, 9.17) is 0 Å². The van der Waals surface area contributed by atoms with Gasteiger partial charge in [0.25, 0.3) is 0 Å². The monoisotopic (exact) mass is 403 g/mol. The SMILES string of the molecule is O=C(CNC(=O)NCc1ccnc(N2CCCCC2)c1)Nc1ccc(F)c(F)c1. The van der Waals surface area contributed by atoms with Crippen LogP contribution >= 0.6 is 0 Å². The number of carbonyl (C=O) groups is 2. The zero-order valence-corrected chi connectivity index (χ0v) is 15.9. The van der Waals surface area contributed by atoms with Crippen molar-refractivity contribution in [2.75, 3.05) is 29.9 Å². The molecule has 0 atom stereocenters. The van der Waals surface area contributed by atoms with E-state index in [9.17, 15) is 18.4 Å². The zero-order chi connectivity index (χ0) is 20.6. The van der Waals surface area contributed by atoms with Crippen molar-refractivity contribution in [2.24, 2.45) is 0 Å². The van der Waals surface area contributed by atoms with Gasteiger partial charge < -0.3 is 20.9 Å². The van der Waals surface area contributed by atoms with Crippen molar-refractivity contribution in [3.05, 3.63) is 53.7 Å². The van der Waals surface area contributed by atoms with Gasteiger partial charge in [-0.05, 0) is 49.1 Å². The van der Waals surface area contributed by atoms with Crippen molar-refractivity contribution >= 4 is 23.4 Å². The molecule has 1 aromatic heterocycles. The third-order valence-electron chi connectivity index (χ3n) is 4.56. The molecular weight excluding hydrogens is 380 g/mol. The number of carbonyl (C=O) groups excluding carboxylic acids is 2. The van der Waals surface area contributed by atoms with Gasteiger partial charge in [-0.3, -0.25) is 4.79 Å². The van der Waals surface area contributed by atoms with E-state index >= 15 is 0 Å². The van der Waals surface area contributed by atoms with E-state index < -0.39 is 23.6 Å². The number of nitrogens with one attached hydrogen (secondary N) is 3. The summed E-state index contributed by atoms with van der Waals surface area (Å²) in [5, 5.41) is 7.48. The second-order valence-electron chi connectivity index (χ2n) is 6.78. The fourth-order valence-corrected chi connectivity index (χ4v) is 3.05. The van der Waals surface area contributed by atoms with Crippen molar-refractivity contribution < 1.29 is 18.4 Å². The van der Waals surface area contributed by atoms with Gasteiger partial charge in [-0.15, -0.1) is 0 Å². The zero-order valence-electron chi connectivity index (χ0n) is 15.9. The van der Waals surface area contributed by atoms with E-state index in [1.54, 1.807) is 6.20 Å². The van der Waals surface area contributed by atoms with Crippen molar-refractivity contribution in [2.45, 2.75) is 25.8 Å². The molecule has 154 valence electrons. The molecule has 1 aromatic carbocycles. The normalized spacial score (nSPS) is 13.7. The van der Waals surface area contributed by atoms with E-state index in [0.717, 1.165) is 49.4 Å². The standard InChI is InChI=1S/C20H23F2N5O2/c21-16-5-4-15(11-17(16)22)26-19(28)13-25-20(29)24-12-14-6-7-23-18(10-14)27-8-2-1-3-9-27/h4-7,10-11H,1-3,8-9,12-13H2,(H,26,28)(H2,24,25,29). The number of pyridine rings is 1. The van der Waals surface area contributed by atoms with Crippen LogP contribution in [0.15, 0.2) is 36.5 Å². The highest BCUT2D eigenvalue weighted by Crippen LogP contribution is 2.18. The number of aromatic nitrogens is 1. The Balaban J connectivity index is 1.42. The number of urea groups is 1. The molecule has 2 heterocycles. The average Bonchev–Trinajstić information content (AvgIpc) is 2.74. The first kappa shape index (κ1) is 20.5. The maximum Gasteiger partial charge on any atom is 0.315 e. The molecule has 3 N–H and O–H groups in total. The predicted octanol–water partition coefficient (Wildman–Crippen LogP) is 2.79. The second kappa shape index (κ2) is 9.81. The van der Waals surface area contributed by atoms with Gasteiger partial charge >= 0.3 is 6.03 Å². The Kier molecular flexibility index (Phi) is 6.94. The maximum absolute atomic E-state index is 13.1. The van der Waals surface area contributed by atoms with Crippen molar-refractivity contribution in [3.63, 3.8) is 0 Å². The van der Waals surface area contributed by atoms with Gasteiger partial charge in [0.1, 0.15) is 5.82 Å². The molecule has 29 heavy (non-hydrogen) atoms. The lowest BCUT2D eigenvalue weighted by molar-refractivity contribution is -0.115. The Hall–Kier alpha value is -3.23. The maximum atomic E-state index is 13.1. The van der Waals surface area contributed by atoms with Crippen LogP contribution in [0.25, 0.3) is 0 Å². The van der Waals surface area contributed by atoms with Crippen LogP contribution in [-0.4, -0.2) is 36.6 Å². The topological polar surface area (TPSA) is 86.4 Å². The molecule has 0 spiro atoms. The summed E-state index contributed by atoms with van der Waals surface area (Å²) in [4.78, 5) is 30.4. The number of benzene rings is 1. The van der Waals surface area contributed by atoms with Crippen LogP contribution in [0.5, 0.6) is 0 Å². The number of hydrogen-bond acceptors (Lipinski definition) is 4. The number of halogens is 2. The smallest absolute Gasteiger partial charge is 0.315 e. The lowest BCUT2D eigenvalue weighted by atomic mass is 10.1. The van der Waals surface area contributed by atoms with Gasteiger partial charge in [0, 0.05) is 37.6 Å². The number of nitrogens with zero attached hydrogens (tertiary/aromatic N) is 2. The molecule has 2 aromatic rings. The number of piperidine rings is 1. The van der Waals surface area contributed by atoms with Gasteiger partial charge in [0.15, 0.2) is 11.6 Å². The van der Waals surface area contributed by atoms with E-state index in [1.165, 1.54) is 12.5 Å². The number of hydrogen-bond donors (Lipinski definition) is 3. The molecule has 0 aliphatic carbocycles. The van der Waals surface area contributed by atoms with Gasteiger partial charge in [0.05, 0.1) is 6.54 Å². The van der Waals surface area contributed by atoms with Crippen LogP contribution < -0.4 is 20.9 Å². The quantitative estimate of drug-likeness (QED) is 0.692. The summed E-state index contributed by atoms with van der Waals surface area (Å²) in [5.41, 5.74) is 1.01. The van der Waals surface area contributed by atoms with Gasteiger partial charge in [0.2, 0.25) is 5.91 Å². The van der Waals surface area contributed by atoms with E-state index in [1.807, 2.05) is 12.1 Å². The molecule has 3 amide bonds. The van der Waals surface area contributed by atoms with E-state index in [-0.39, 0.29) is 12.2 Å². The van der Waals surface area contributed by atoms with Crippen LogP contribution in [0, 0.1) is 11.6 Å². The molecule has 9 heteroatoms. The Morgan fingerprint density at radius 1 is 1.00 bits per heavy atom. The van der Waals surface area contributed by atoms with Crippen molar-refractivity contribution in [1.29, 1.82) is 0 Å². The van der Waals surface area contributed by atoms with Crippen LogP contribution in [-0.2, 0) is 11.3 Å². The number of rotatable bonds is 6. The first-order valence-electron chi connectivity index (χ1n) is 9.48. The highest BCUT2D eigenvalue weighted by Gasteiger charge is 2.13. The van der Waals surface area contributed by atoms with Crippen LogP contribution in [0.3, 0.4) is 0 Å². The summed E-state index contributed by atoms with van der Waals surface area (Å²) in [7, 11) is 0. The van der Waals surface area contributed by atoms with Crippen molar-refractivity contribution in [3.8, 4) is 0 Å². The molecule has 1 aliphatic heterocycles. The molecule has 0 unspecified atom stereocenters. The Morgan fingerprint density at radius 2 is 1.79 bits per heavy atom. The molecule has 0 radical (unpaired) electrons. The van der Waals surface area contributed by atoms with Crippen LogP contribution in [0.1, 0.15) is 24.8 Å². The van der Waals surface area contributed by atoms with E-state index in [2.05, 4.69) is 25.8 Å². The summed E-state index contributed by atoms with van der Waals surface area (Å²) >= 11 is 0. The molecule has 1 fully saturated rings. The van der Waals surface area contributed by atoms with Crippen LogP contribution in [0.4, 0.5) is 25.1 Å². The first-order chi connectivity index (χ1) is 14.0. The first-order valence-corrected chi connectivity index (χ1v) is 9.48. The second-order valence-corrected chi connectivity index (χ2v) is 6.78. The Bertz CT molecular complexity index is 872. The summed E-state index contributed by atoms with van der Waals surface area (Å²) in [5.74, 6) is -1.72. The van der Waals surface area contributed by atoms with Gasteiger partial charge in [-0.2, -0.15) is 0 Å². The highest BCUT2D eigenvalue weighted by atomic mass is 19.2. The number of amides is 3. The average molecular weight is 403 g/mol. The molecule has 1 saturated heterocycles. The molecule has 0 bridgehead atoms.